The molecule has 6 aromatic carbocycles. The Morgan fingerprint density at radius 1 is 0.618 bits per heavy atom. The number of hydrogen-bond donors (Lipinski definition) is 0. The zero-order valence-corrected chi connectivity index (χ0v) is 42.6. The highest BCUT2D eigenvalue weighted by molar-refractivity contribution is 5.98. The largest absolute Gasteiger partial charge is 0.499 e. The minimum absolute atomic E-state index is 0.0424. The molecule has 0 saturated heterocycles. The van der Waals surface area contributed by atoms with Gasteiger partial charge in [0.05, 0.1) is 11.0 Å². The van der Waals surface area contributed by atoms with Gasteiger partial charge in [0.25, 0.3) is 0 Å². The number of imidazole rings is 1. The Kier molecular flexibility index (Phi) is 8.17. The maximum absolute atomic E-state index is 9.84. The zero-order valence-electron chi connectivity index (χ0n) is 49.6. The van der Waals surface area contributed by atoms with Crippen LogP contribution >= 0.6 is 0 Å². The molecular weight excluding hydrogens is 827 g/mol. The lowest BCUT2D eigenvalue weighted by Crippen LogP contribution is -2.78. The number of nitrogens with zero attached hydrogens (tertiary/aromatic N) is 3. The number of pyridine rings is 1. The van der Waals surface area contributed by atoms with E-state index in [1.807, 2.05) is 86.7 Å². The second kappa shape index (κ2) is 15.1. The van der Waals surface area contributed by atoms with Gasteiger partial charge >= 0.3 is 11.7 Å². The summed E-state index contributed by atoms with van der Waals surface area (Å²) in [6, 6.07) is 31.9. The average Bonchev–Trinajstić information content (AvgIpc) is 4.04. The normalized spacial score (nSPS) is 17.6. The van der Waals surface area contributed by atoms with Gasteiger partial charge in [-0.05, 0) is 145 Å². The molecule has 0 N–H and O–H groups in total. The van der Waals surface area contributed by atoms with Crippen LogP contribution in [0, 0.1) is 6.92 Å². The molecule has 8 aromatic rings. The van der Waals surface area contributed by atoms with Crippen molar-refractivity contribution in [2.24, 2.45) is 0 Å². The van der Waals surface area contributed by atoms with Gasteiger partial charge < -0.3 is 4.74 Å². The van der Waals surface area contributed by atoms with Gasteiger partial charge in [0.1, 0.15) is 16.8 Å². The average molecular weight is 903 g/mol. The molecule has 0 bridgehead atoms. The van der Waals surface area contributed by atoms with E-state index in [1.165, 1.54) is 5.56 Å². The van der Waals surface area contributed by atoms with Crippen molar-refractivity contribution in [2.45, 2.75) is 144 Å². The number of para-hydroxylation sites is 1. The first-order chi connectivity index (χ1) is 34.8. The summed E-state index contributed by atoms with van der Waals surface area (Å²) in [5, 5.41) is 0. The summed E-state index contributed by atoms with van der Waals surface area (Å²) >= 11 is 0. The summed E-state index contributed by atoms with van der Waals surface area (Å²) in [6.45, 7) is 30.5. The lowest BCUT2D eigenvalue weighted by molar-refractivity contribution is -0.997. The van der Waals surface area contributed by atoms with E-state index in [0.717, 1.165) is 89.4 Å². The second-order valence-corrected chi connectivity index (χ2v) is 22.6. The lowest BCUT2D eigenvalue weighted by Gasteiger charge is -2.34. The van der Waals surface area contributed by atoms with Gasteiger partial charge in [-0.25, -0.2) is 0 Å². The van der Waals surface area contributed by atoms with Crippen molar-refractivity contribution in [3.8, 4) is 67.5 Å². The summed E-state index contributed by atoms with van der Waals surface area (Å²) in [5.74, 6) is -2.82. The third kappa shape index (κ3) is 6.31. The van der Waals surface area contributed by atoms with E-state index in [9.17, 15) is 9.60 Å². The Labute approximate surface area is 415 Å². The third-order valence-corrected chi connectivity index (χ3v) is 14.7. The fraction of sp³-hybridized carbons (Fsp3) is 0.344. The molecule has 68 heavy (non-hydrogen) atoms. The van der Waals surface area contributed by atoms with Crippen LogP contribution < -0.4 is 13.9 Å². The van der Waals surface area contributed by atoms with Gasteiger partial charge in [-0.1, -0.05) is 158 Å². The van der Waals surface area contributed by atoms with Crippen molar-refractivity contribution < 1.29 is 23.5 Å². The van der Waals surface area contributed by atoms with Crippen LogP contribution in [0.5, 0.6) is 5.75 Å². The van der Waals surface area contributed by atoms with Gasteiger partial charge in [-0.2, -0.15) is 4.57 Å². The Bertz CT molecular complexity index is 3780. The van der Waals surface area contributed by atoms with Crippen LogP contribution in [0.15, 0.2) is 121 Å². The van der Waals surface area contributed by atoms with Gasteiger partial charge in [0.15, 0.2) is 23.0 Å². The van der Waals surface area contributed by atoms with Crippen molar-refractivity contribution in [2.75, 3.05) is 0 Å². The van der Waals surface area contributed by atoms with E-state index in [1.54, 1.807) is 0 Å². The maximum atomic E-state index is 9.84. The van der Waals surface area contributed by atoms with Crippen molar-refractivity contribution in [1.29, 1.82) is 0 Å². The first-order valence-electron chi connectivity index (χ1n) is 27.9. The van der Waals surface area contributed by atoms with Crippen LogP contribution in [0.2, 0.25) is 0 Å². The van der Waals surface area contributed by atoms with E-state index < -0.39 is 28.9 Å². The van der Waals surface area contributed by atoms with Gasteiger partial charge in [-0.15, -0.1) is 9.13 Å². The number of fused-ring (bicyclic) bond motifs is 5. The summed E-state index contributed by atoms with van der Waals surface area (Å²) in [6.07, 6.45) is 1.98. The zero-order chi connectivity index (χ0) is 54.3. The van der Waals surface area contributed by atoms with E-state index in [4.69, 9.17) is 4.74 Å². The smallest absolute Gasteiger partial charge is 0.392 e. The molecule has 1 spiro atoms. The number of rotatable bonds is 7. The van der Waals surface area contributed by atoms with Crippen LogP contribution in [0.25, 0.3) is 72.7 Å². The number of aryl methyl sites for hydroxylation is 1. The molecule has 344 valence electrons. The molecule has 3 aliphatic heterocycles. The molecular formula is C64H69N3O+2. The lowest BCUT2D eigenvalue weighted by atomic mass is 9.80. The van der Waals surface area contributed by atoms with Crippen LogP contribution in [-0.2, 0) is 16.7 Å². The molecule has 0 amide bonds. The van der Waals surface area contributed by atoms with Crippen molar-refractivity contribution in [3.63, 3.8) is 0 Å². The molecule has 2 aromatic heterocycles. The van der Waals surface area contributed by atoms with Crippen molar-refractivity contribution in [1.82, 2.24) is 4.57 Å². The van der Waals surface area contributed by atoms with Crippen LogP contribution in [0.3, 0.4) is 0 Å². The summed E-state index contributed by atoms with van der Waals surface area (Å²) in [5.41, 5.74) is 16.5. The quantitative estimate of drug-likeness (QED) is 0.146. The van der Waals surface area contributed by atoms with Crippen molar-refractivity contribution in [3.05, 3.63) is 166 Å². The Morgan fingerprint density at radius 2 is 1.29 bits per heavy atom. The number of hydrogen-bond acceptors (Lipinski definition) is 1. The van der Waals surface area contributed by atoms with Crippen LogP contribution in [0.1, 0.15) is 175 Å². The first kappa shape index (κ1) is 36.7. The number of aromatic nitrogens is 3. The van der Waals surface area contributed by atoms with E-state index in [2.05, 4.69) is 128 Å². The highest BCUT2D eigenvalue weighted by Crippen LogP contribution is 2.56. The standard InChI is InChI=1S/C64H69N3O/c1-36(2)44-31-50(39(7)8)60-53(32-44)61-66(54-27-24-43(30-40(54)9)57-47(37(3)4)18-16-19-48(57)38(5)6)55-21-17-20-49-51-34-46(63(13,14)15)35-52-56-33-42(41-22-25-45(26-23-41)62(10,11)12)28-29-65(56)64(68-60,58(51)52)67(61)59(49)55/h16-39H,1-15H3/q+2/i22D,23D,25D,26D,36D,37D,39D. The molecule has 0 radical (unpaired) electrons. The molecule has 3 aliphatic rings. The molecule has 0 saturated carbocycles. The monoisotopic (exact) mass is 903 g/mol. The molecule has 5 heterocycles. The molecule has 1 unspecified atom stereocenters. The Hall–Kier alpha value is -6.26. The third-order valence-electron chi connectivity index (χ3n) is 14.7. The fourth-order valence-electron chi connectivity index (χ4n) is 11.1. The molecule has 11 rings (SSSR count). The highest BCUT2D eigenvalue weighted by Gasteiger charge is 2.69. The molecule has 1 atom stereocenters. The number of benzene rings is 6. The highest BCUT2D eigenvalue weighted by atomic mass is 16.5. The summed E-state index contributed by atoms with van der Waals surface area (Å²) in [4.78, 5) is 0. The molecule has 0 aliphatic carbocycles. The van der Waals surface area contributed by atoms with Gasteiger partial charge in [-0.3, -0.25) is 0 Å². The Balaban J connectivity index is 1.30. The van der Waals surface area contributed by atoms with E-state index >= 15 is 0 Å². The molecule has 4 nitrogen and oxygen atoms in total. The maximum Gasteiger partial charge on any atom is 0.499 e. The van der Waals surface area contributed by atoms with Gasteiger partial charge in [0, 0.05) is 27.4 Å². The minimum atomic E-state index is -1.41. The predicted octanol–water partition coefficient (Wildman–Crippen LogP) is 16.2. The summed E-state index contributed by atoms with van der Waals surface area (Å²) in [7, 11) is 0. The van der Waals surface area contributed by atoms with Crippen molar-refractivity contribution >= 4 is 11.0 Å². The topological polar surface area (TPSA) is 21.9 Å². The van der Waals surface area contributed by atoms with Gasteiger partial charge in [0.2, 0.25) is 5.69 Å². The Morgan fingerprint density at radius 3 is 1.94 bits per heavy atom. The molecule has 4 heteroatoms. The predicted molar refractivity (Wildman–Crippen MR) is 282 cm³/mol. The summed E-state index contributed by atoms with van der Waals surface area (Å²) < 4.78 is 80.7. The molecule has 0 fully saturated rings. The second-order valence-electron chi connectivity index (χ2n) is 22.6. The van der Waals surface area contributed by atoms with Crippen LogP contribution in [-0.4, -0.2) is 4.57 Å². The minimum Gasteiger partial charge on any atom is -0.392 e. The van der Waals surface area contributed by atoms with Crippen LogP contribution in [0.4, 0.5) is 0 Å². The SMILES string of the molecule is [2H]c1c([2H])c(C(C)(C)C)c([2H])c([2H])c1-c1cc[n+]2c(c1)-c1cc(C(C)(C)C)cc3c1C21Oc2c(cc(C([2H])(C)C)cc2C([2H])(C)C)-c2n(-c4ccc(-c5c(C(C)C)cccc5C([2H])(C)C)cc4C)c4cccc-3c4[n+]21. The fourth-order valence-corrected chi connectivity index (χ4v) is 11.1. The first-order valence-corrected chi connectivity index (χ1v) is 24.4. The van der Waals surface area contributed by atoms with E-state index in [-0.39, 0.29) is 41.1 Å². The number of ether oxygens (including phenoxy) is 1. The van der Waals surface area contributed by atoms with E-state index in [0.29, 0.717) is 22.4 Å².